The molecule has 1 aromatic rings. The van der Waals surface area contributed by atoms with E-state index in [2.05, 4.69) is 0 Å². The molecule has 2 aliphatic heterocycles. The van der Waals surface area contributed by atoms with Crippen LogP contribution in [0.2, 0.25) is 0 Å². The molecule has 2 aliphatic rings. The van der Waals surface area contributed by atoms with E-state index in [4.69, 9.17) is 19.9 Å². The second-order valence-electron chi connectivity index (χ2n) is 5.95. The number of likely N-dealkylation sites (N-methyl/N-ethyl adjacent to an activating group) is 1. The van der Waals surface area contributed by atoms with Crippen molar-refractivity contribution in [3.63, 3.8) is 0 Å². The van der Waals surface area contributed by atoms with Crippen molar-refractivity contribution in [3.05, 3.63) is 24.3 Å². The number of fused-ring (bicyclic) bond motifs is 1. The molecule has 0 saturated carbocycles. The first-order chi connectivity index (χ1) is 10.6. The van der Waals surface area contributed by atoms with Gasteiger partial charge in [-0.2, -0.15) is 0 Å². The van der Waals surface area contributed by atoms with Crippen molar-refractivity contribution in [1.29, 1.82) is 0 Å². The van der Waals surface area contributed by atoms with Crippen LogP contribution in [0.1, 0.15) is 12.8 Å². The molecule has 23 heavy (non-hydrogen) atoms. The molecular weight excluding hydrogens is 320 g/mol. The number of halogens is 1. The smallest absolute Gasteiger partial charge is 0.242 e. The van der Waals surface area contributed by atoms with Gasteiger partial charge in [-0.3, -0.25) is 4.79 Å². The van der Waals surface area contributed by atoms with Crippen molar-refractivity contribution in [2.45, 2.75) is 24.5 Å². The number of rotatable bonds is 3. The molecule has 1 saturated heterocycles. The van der Waals surface area contributed by atoms with Crippen LogP contribution < -0.4 is 15.2 Å². The lowest BCUT2D eigenvalue weighted by Crippen LogP contribution is -2.58. The minimum Gasteiger partial charge on any atom is -0.486 e. The normalized spacial score (nSPS) is 21.9. The number of ether oxygens (including phenoxy) is 3. The summed E-state index contributed by atoms with van der Waals surface area (Å²) in [4.78, 5) is 14.2. The maximum atomic E-state index is 12.6. The SMILES string of the molecule is CN(CC1COc2ccccc2O1)C(=O)C1(N)CCOCC1.Cl. The highest BCUT2D eigenvalue weighted by atomic mass is 35.5. The minimum absolute atomic E-state index is 0. The monoisotopic (exact) mass is 342 g/mol. The van der Waals surface area contributed by atoms with Crippen LogP contribution in [0.5, 0.6) is 11.5 Å². The Morgan fingerprint density at radius 2 is 1.96 bits per heavy atom. The Balaban J connectivity index is 0.00000192. The molecule has 1 unspecified atom stereocenters. The molecule has 0 radical (unpaired) electrons. The standard InChI is InChI=1S/C16H22N2O4.ClH/c1-18(15(19)16(17)6-8-20-9-7-16)10-12-11-21-13-4-2-3-5-14(13)22-12;/h2-5,12H,6-11,17H2,1H3;1H. The Hall–Kier alpha value is -1.50. The Bertz CT molecular complexity index is 549. The van der Waals surface area contributed by atoms with E-state index in [0.29, 0.717) is 45.0 Å². The van der Waals surface area contributed by atoms with Gasteiger partial charge in [0.15, 0.2) is 17.6 Å². The lowest BCUT2D eigenvalue weighted by Gasteiger charge is -2.37. The molecule has 128 valence electrons. The Labute approximate surface area is 142 Å². The van der Waals surface area contributed by atoms with E-state index in [1.807, 2.05) is 24.3 Å². The van der Waals surface area contributed by atoms with Crippen LogP contribution in [-0.2, 0) is 9.53 Å². The quantitative estimate of drug-likeness (QED) is 0.894. The van der Waals surface area contributed by atoms with Crippen molar-refractivity contribution in [1.82, 2.24) is 4.90 Å². The molecule has 2 heterocycles. The van der Waals surface area contributed by atoms with Crippen LogP contribution in [0.15, 0.2) is 24.3 Å². The van der Waals surface area contributed by atoms with Gasteiger partial charge in [0, 0.05) is 20.3 Å². The number of carbonyl (C=O) groups excluding carboxylic acids is 1. The minimum atomic E-state index is -0.819. The molecule has 0 aliphatic carbocycles. The third kappa shape index (κ3) is 3.88. The summed E-state index contributed by atoms with van der Waals surface area (Å²) in [6.45, 7) is 1.95. The zero-order chi connectivity index (χ0) is 15.6. The van der Waals surface area contributed by atoms with Crippen LogP contribution in [0, 0.1) is 0 Å². The van der Waals surface area contributed by atoms with Crippen LogP contribution in [0.3, 0.4) is 0 Å². The summed E-state index contributed by atoms with van der Waals surface area (Å²) in [5.41, 5.74) is 5.42. The predicted molar refractivity (Wildman–Crippen MR) is 88.2 cm³/mol. The van der Waals surface area contributed by atoms with E-state index >= 15 is 0 Å². The molecule has 1 fully saturated rings. The van der Waals surface area contributed by atoms with Crippen LogP contribution in [0.4, 0.5) is 0 Å². The molecule has 7 heteroatoms. The first kappa shape index (κ1) is 17.8. The first-order valence-electron chi connectivity index (χ1n) is 7.59. The van der Waals surface area contributed by atoms with Gasteiger partial charge in [-0.05, 0) is 25.0 Å². The van der Waals surface area contributed by atoms with E-state index in [9.17, 15) is 4.79 Å². The number of nitrogens with zero attached hydrogens (tertiary/aromatic N) is 1. The number of nitrogens with two attached hydrogens (primary N) is 1. The molecule has 6 nitrogen and oxygen atoms in total. The highest BCUT2D eigenvalue weighted by Crippen LogP contribution is 2.31. The van der Waals surface area contributed by atoms with Crippen molar-refractivity contribution in [3.8, 4) is 11.5 Å². The van der Waals surface area contributed by atoms with Crippen LogP contribution in [0.25, 0.3) is 0 Å². The number of para-hydroxylation sites is 2. The number of amides is 1. The zero-order valence-corrected chi connectivity index (χ0v) is 14.0. The van der Waals surface area contributed by atoms with Crippen molar-refractivity contribution in [2.75, 3.05) is 33.4 Å². The molecular formula is C16H23ClN2O4. The first-order valence-corrected chi connectivity index (χ1v) is 7.59. The van der Waals surface area contributed by atoms with Crippen LogP contribution >= 0.6 is 12.4 Å². The predicted octanol–water partition coefficient (Wildman–Crippen LogP) is 1.21. The maximum absolute atomic E-state index is 12.6. The van der Waals surface area contributed by atoms with E-state index in [1.54, 1.807) is 11.9 Å². The van der Waals surface area contributed by atoms with Gasteiger partial charge < -0.3 is 24.8 Å². The highest BCUT2D eigenvalue weighted by molar-refractivity contribution is 5.86. The Kier molecular flexibility index (Phi) is 5.73. The van der Waals surface area contributed by atoms with Gasteiger partial charge in [-0.25, -0.2) is 0 Å². The molecule has 3 rings (SSSR count). The number of carbonyl (C=O) groups is 1. The second kappa shape index (κ2) is 7.38. The number of hydrogen-bond acceptors (Lipinski definition) is 5. The molecule has 0 bridgehead atoms. The summed E-state index contributed by atoms with van der Waals surface area (Å²) in [6, 6.07) is 7.54. The van der Waals surface area contributed by atoms with E-state index < -0.39 is 5.54 Å². The largest absolute Gasteiger partial charge is 0.486 e. The average molecular weight is 343 g/mol. The molecule has 2 N–H and O–H groups in total. The molecule has 1 aromatic carbocycles. The fourth-order valence-electron chi connectivity index (χ4n) is 2.87. The number of hydrogen-bond donors (Lipinski definition) is 1. The van der Waals surface area contributed by atoms with Gasteiger partial charge >= 0.3 is 0 Å². The summed E-state index contributed by atoms with van der Waals surface area (Å²) in [5, 5.41) is 0. The fraction of sp³-hybridized carbons (Fsp3) is 0.562. The van der Waals surface area contributed by atoms with Crippen LogP contribution in [-0.4, -0.2) is 55.9 Å². The van der Waals surface area contributed by atoms with E-state index in [0.717, 1.165) is 5.75 Å². The van der Waals surface area contributed by atoms with Gasteiger partial charge in [-0.15, -0.1) is 12.4 Å². The third-order valence-electron chi connectivity index (χ3n) is 4.20. The van der Waals surface area contributed by atoms with Gasteiger partial charge in [0.1, 0.15) is 6.61 Å². The summed E-state index contributed by atoms with van der Waals surface area (Å²) in [7, 11) is 1.76. The average Bonchev–Trinajstić information content (AvgIpc) is 2.54. The zero-order valence-electron chi connectivity index (χ0n) is 13.2. The summed E-state index contributed by atoms with van der Waals surface area (Å²) >= 11 is 0. The number of benzene rings is 1. The highest BCUT2D eigenvalue weighted by Gasteiger charge is 2.38. The van der Waals surface area contributed by atoms with E-state index in [-0.39, 0.29) is 24.4 Å². The molecule has 0 spiro atoms. The maximum Gasteiger partial charge on any atom is 0.242 e. The topological polar surface area (TPSA) is 74.0 Å². The summed E-state index contributed by atoms with van der Waals surface area (Å²) in [5.74, 6) is 1.40. The van der Waals surface area contributed by atoms with Gasteiger partial charge in [-0.1, -0.05) is 12.1 Å². The van der Waals surface area contributed by atoms with Gasteiger partial charge in [0.25, 0.3) is 0 Å². The van der Waals surface area contributed by atoms with Crippen molar-refractivity contribution in [2.24, 2.45) is 5.73 Å². The van der Waals surface area contributed by atoms with Crippen molar-refractivity contribution >= 4 is 18.3 Å². The third-order valence-corrected chi connectivity index (χ3v) is 4.20. The lowest BCUT2D eigenvalue weighted by atomic mass is 9.90. The molecule has 1 amide bonds. The second-order valence-corrected chi connectivity index (χ2v) is 5.95. The summed E-state index contributed by atoms with van der Waals surface area (Å²) < 4.78 is 16.9. The molecule has 0 aromatic heterocycles. The van der Waals surface area contributed by atoms with E-state index in [1.165, 1.54) is 0 Å². The van der Waals surface area contributed by atoms with Crippen molar-refractivity contribution < 1.29 is 19.0 Å². The fourth-order valence-corrected chi connectivity index (χ4v) is 2.87. The van der Waals surface area contributed by atoms with Gasteiger partial charge in [0.05, 0.1) is 12.1 Å². The lowest BCUT2D eigenvalue weighted by molar-refractivity contribution is -0.140. The Morgan fingerprint density at radius 1 is 1.30 bits per heavy atom. The summed E-state index contributed by atoms with van der Waals surface area (Å²) in [6.07, 6.45) is 0.925. The molecule has 1 atom stereocenters. The Morgan fingerprint density at radius 3 is 2.65 bits per heavy atom. The van der Waals surface area contributed by atoms with Gasteiger partial charge in [0.2, 0.25) is 5.91 Å².